The van der Waals surface area contributed by atoms with Gasteiger partial charge in [-0.15, -0.1) is 0 Å². The van der Waals surface area contributed by atoms with Gasteiger partial charge in [-0.25, -0.2) is 0 Å². The first-order valence-corrected chi connectivity index (χ1v) is 5.13. The van der Waals surface area contributed by atoms with Crippen LogP contribution in [0.4, 0.5) is 0 Å². The van der Waals surface area contributed by atoms with E-state index < -0.39 is 0 Å². The SMILES string of the molecule is OCC1CCOc2ccc(Br)cc21. The molecular weight excluding hydrogens is 232 g/mol. The van der Waals surface area contributed by atoms with Crippen molar-refractivity contribution in [3.8, 4) is 5.75 Å². The highest BCUT2D eigenvalue weighted by atomic mass is 79.9. The molecule has 0 amide bonds. The Balaban J connectivity index is 2.41. The first-order chi connectivity index (χ1) is 6.31. The van der Waals surface area contributed by atoms with Gasteiger partial charge in [0.25, 0.3) is 0 Å². The number of halogens is 1. The summed E-state index contributed by atoms with van der Waals surface area (Å²) in [5, 5.41) is 9.16. The van der Waals surface area contributed by atoms with Gasteiger partial charge in [-0.1, -0.05) is 15.9 Å². The fourth-order valence-corrected chi connectivity index (χ4v) is 2.00. The monoisotopic (exact) mass is 242 g/mol. The van der Waals surface area contributed by atoms with E-state index in [9.17, 15) is 0 Å². The normalized spacial score (nSPS) is 20.6. The summed E-state index contributed by atoms with van der Waals surface area (Å²) < 4.78 is 6.52. The van der Waals surface area contributed by atoms with Crippen molar-refractivity contribution in [3.05, 3.63) is 28.2 Å². The molecule has 1 atom stereocenters. The third-order valence-corrected chi connectivity index (χ3v) is 2.85. The number of aliphatic hydroxyl groups excluding tert-OH is 1. The predicted molar refractivity (Wildman–Crippen MR) is 54.1 cm³/mol. The molecule has 1 aromatic carbocycles. The molecule has 1 aliphatic rings. The molecule has 1 N–H and O–H groups in total. The molecule has 0 spiro atoms. The van der Waals surface area contributed by atoms with Crippen molar-refractivity contribution in [1.29, 1.82) is 0 Å². The third-order valence-electron chi connectivity index (χ3n) is 2.36. The minimum atomic E-state index is 0.201. The highest BCUT2D eigenvalue weighted by Crippen LogP contribution is 2.34. The second kappa shape index (κ2) is 3.68. The van der Waals surface area contributed by atoms with Crippen LogP contribution in [0, 0.1) is 0 Å². The zero-order chi connectivity index (χ0) is 9.26. The van der Waals surface area contributed by atoms with Crippen molar-refractivity contribution in [1.82, 2.24) is 0 Å². The second-order valence-electron chi connectivity index (χ2n) is 3.20. The largest absolute Gasteiger partial charge is 0.493 e. The predicted octanol–water partition coefficient (Wildman–Crippen LogP) is 2.31. The first-order valence-electron chi connectivity index (χ1n) is 4.34. The van der Waals surface area contributed by atoms with Crippen LogP contribution in [-0.2, 0) is 0 Å². The Morgan fingerprint density at radius 1 is 1.54 bits per heavy atom. The van der Waals surface area contributed by atoms with E-state index in [1.165, 1.54) is 0 Å². The van der Waals surface area contributed by atoms with Gasteiger partial charge in [-0.3, -0.25) is 0 Å². The van der Waals surface area contributed by atoms with Crippen molar-refractivity contribution < 1.29 is 9.84 Å². The van der Waals surface area contributed by atoms with Crippen LogP contribution in [0.5, 0.6) is 5.75 Å². The summed E-state index contributed by atoms with van der Waals surface area (Å²) in [6.07, 6.45) is 0.903. The van der Waals surface area contributed by atoms with E-state index in [-0.39, 0.29) is 12.5 Å². The molecule has 1 heterocycles. The van der Waals surface area contributed by atoms with Crippen LogP contribution in [0.25, 0.3) is 0 Å². The van der Waals surface area contributed by atoms with Crippen LogP contribution in [0.3, 0.4) is 0 Å². The van der Waals surface area contributed by atoms with Crippen LogP contribution >= 0.6 is 15.9 Å². The van der Waals surface area contributed by atoms with E-state index in [4.69, 9.17) is 9.84 Å². The zero-order valence-electron chi connectivity index (χ0n) is 7.16. The van der Waals surface area contributed by atoms with Gasteiger partial charge in [0.1, 0.15) is 5.75 Å². The van der Waals surface area contributed by atoms with E-state index in [2.05, 4.69) is 15.9 Å². The summed E-state index contributed by atoms with van der Waals surface area (Å²) in [5.74, 6) is 1.15. The zero-order valence-corrected chi connectivity index (χ0v) is 8.75. The number of benzene rings is 1. The molecular formula is C10H11BrO2. The lowest BCUT2D eigenvalue weighted by Crippen LogP contribution is -2.16. The molecule has 0 bridgehead atoms. The first kappa shape index (κ1) is 9.03. The molecule has 0 aliphatic carbocycles. The number of aliphatic hydroxyl groups is 1. The smallest absolute Gasteiger partial charge is 0.122 e. The molecule has 2 rings (SSSR count). The Morgan fingerprint density at radius 3 is 3.15 bits per heavy atom. The van der Waals surface area contributed by atoms with Crippen LogP contribution in [-0.4, -0.2) is 18.3 Å². The number of hydrogen-bond donors (Lipinski definition) is 1. The van der Waals surface area contributed by atoms with Gasteiger partial charge in [0.15, 0.2) is 0 Å². The fraction of sp³-hybridized carbons (Fsp3) is 0.400. The van der Waals surface area contributed by atoms with E-state index >= 15 is 0 Å². The minimum absolute atomic E-state index is 0.201. The van der Waals surface area contributed by atoms with Crippen LogP contribution in [0.1, 0.15) is 17.9 Å². The molecule has 3 heteroatoms. The van der Waals surface area contributed by atoms with Crippen molar-refractivity contribution in [2.45, 2.75) is 12.3 Å². The quantitative estimate of drug-likeness (QED) is 0.820. The summed E-state index contributed by atoms with van der Waals surface area (Å²) >= 11 is 3.41. The summed E-state index contributed by atoms with van der Waals surface area (Å²) in [6.45, 7) is 0.909. The van der Waals surface area contributed by atoms with Crippen molar-refractivity contribution in [2.24, 2.45) is 0 Å². The van der Waals surface area contributed by atoms with Crippen molar-refractivity contribution in [2.75, 3.05) is 13.2 Å². The molecule has 0 aromatic heterocycles. The van der Waals surface area contributed by atoms with E-state index in [0.29, 0.717) is 6.61 Å². The second-order valence-corrected chi connectivity index (χ2v) is 4.11. The van der Waals surface area contributed by atoms with Gasteiger partial charge in [-0.05, 0) is 24.6 Å². The van der Waals surface area contributed by atoms with Crippen molar-refractivity contribution in [3.63, 3.8) is 0 Å². The Hall–Kier alpha value is -0.540. The standard InChI is InChI=1S/C10H11BrO2/c11-8-1-2-10-9(5-8)7(6-12)3-4-13-10/h1-2,5,7,12H,3-4,6H2. The Kier molecular flexibility index (Phi) is 2.56. The van der Waals surface area contributed by atoms with Gasteiger partial charge in [0.05, 0.1) is 13.2 Å². The maximum absolute atomic E-state index is 9.16. The lowest BCUT2D eigenvalue weighted by atomic mass is 9.94. The van der Waals surface area contributed by atoms with Gasteiger partial charge in [-0.2, -0.15) is 0 Å². The Bertz CT molecular complexity index is 312. The summed E-state index contributed by atoms with van der Waals surface area (Å²) in [6, 6.07) is 5.93. The number of ether oxygens (including phenoxy) is 1. The molecule has 1 aromatic rings. The maximum Gasteiger partial charge on any atom is 0.122 e. The van der Waals surface area contributed by atoms with Gasteiger partial charge >= 0.3 is 0 Å². The minimum Gasteiger partial charge on any atom is -0.493 e. The average molecular weight is 243 g/mol. The summed E-state index contributed by atoms with van der Waals surface area (Å²) in [7, 11) is 0. The highest BCUT2D eigenvalue weighted by molar-refractivity contribution is 9.10. The molecule has 1 unspecified atom stereocenters. The number of rotatable bonds is 1. The summed E-state index contributed by atoms with van der Waals surface area (Å²) in [4.78, 5) is 0. The van der Waals surface area contributed by atoms with Crippen LogP contribution in [0.15, 0.2) is 22.7 Å². The van der Waals surface area contributed by atoms with Gasteiger partial charge in [0, 0.05) is 16.0 Å². The number of fused-ring (bicyclic) bond motifs is 1. The Morgan fingerprint density at radius 2 is 2.38 bits per heavy atom. The topological polar surface area (TPSA) is 29.5 Å². The maximum atomic E-state index is 9.16. The molecule has 13 heavy (non-hydrogen) atoms. The van der Waals surface area contributed by atoms with Crippen LogP contribution < -0.4 is 4.74 Å². The van der Waals surface area contributed by atoms with Gasteiger partial charge in [0.2, 0.25) is 0 Å². The van der Waals surface area contributed by atoms with E-state index in [1.54, 1.807) is 0 Å². The Labute approximate surface area is 85.7 Å². The summed E-state index contributed by atoms with van der Waals surface area (Å²) in [5.41, 5.74) is 1.11. The molecule has 70 valence electrons. The molecule has 0 saturated heterocycles. The van der Waals surface area contributed by atoms with Crippen molar-refractivity contribution >= 4 is 15.9 Å². The molecule has 0 fully saturated rings. The van der Waals surface area contributed by atoms with E-state index in [1.807, 2.05) is 18.2 Å². The molecule has 0 saturated carbocycles. The third kappa shape index (κ3) is 1.71. The van der Waals surface area contributed by atoms with E-state index in [0.717, 1.165) is 22.2 Å². The number of hydrogen-bond acceptors (Lipinski definition) is 2. The lowest BCUT2D eigenvalue weighted by molar-refractivity contribution is 0.205. The van der Waals surface area contributed by atoms with Gasteiger partial charge < -0.3 is 9.84 Å². The lowest BCUT2D eigenvalue weighted by Gasteiger charge is -2.24. The highest BCUT2D eigenvalue weighted by Gasteiger charge is 2.20. The van der Waals surface area contributed by atoms with Crippen LogP contribution in [0.2, 0.25) is 0 Å². The molecule has 1 aliphatic heterocycles. The molecule has 0 radical (unpaired) electrons. The average Bonchev–Trinajstić information content (AvgIpc) is 2.17. The molecule has 2 nitrogen and oxygen atoms in total. The fourth-order valence-electron chi connectivity index (χ4n) is 1.63.